The lowest BCUT2D eigenvalue weighted by Gasteiger charge is -2.27. The normalized spacial score (nSPS) is 12.2. The van der Waals surface area contributed by atoms with Crippen molar-refractivity contribution in [1.82, 2.24) is 14.3 Å². The van der Waals surface area contributed by atoms with Gasteiger partial charge in [-0.2, -0.15) is 0 Å². The molecule has 4 aromatic rings. The minimum absolute atomic E-state index is 0.0934. The van der Waals surface area contributed by atoms with E-state index in [0.29, 0.717) is 13.1 Å². The second-order valence-electron chi connectivity index (χ2n) is 8.76. The van der Waals surface area contributed by atoms with Crippen LogP contribution in [0.2, 0.25) is 5.02 Å². The Morgan fingerprint density at radius 1 is 1.12 bits per heavy atom. The van der Waals surface area contributed by atoms with E-state index in [1.165, 1.54) is 11.3 Å². The summed E-state index contributed by atoms with van der Waals surface area (Å²) in [6.45, 7) is 5.65. The standard InChI is InChI=1S/C28H32ClN3OS/c1-3-5-11-22(4-2)27(33)31(18-21-9-7-6-8-10-21)17-16-25-20-34-28-30-26(19-32(25)28)23-12-14-24(29)15-13-23/h6-10,12-15,19-20,22H,3-5,11,16-18H2,1-2H3. The van der Waals surface area contributed by atoms with Gasteiger partial charge in [-0.15, -0.1) is 11.3 Å². The van der Waals surface area contributed by atoms with Crippen molar-refractivity contribution in [3.63, 3.8) is 0 Å². The molecule has 0 N–H and O–H groups in total. The summed E-state index contributed by atoms with van der Waals surface area (Å²) in [5.74, 6) is 0.370. The molecular weight excluding hydrogens is 462 g/mol. The maximum absolute atomic E-state index is 13.5. The van der Waals surface area contributed by atoms with Gasteiger partial charge in [0.25, 0.3) is 0 Å². The van der Waals surface area contributed by atoms with Gasteiger partial charge in [-0.05, 0) is 30.5 Å². The summed E-state index contributed by atoms with van der Waals surface area (Å²) in [6.07, 6.45) is 6.94. The fraction of sp³-hybridized carbons (Fsp3) is 0.357. The molecule has 4 nitrogen and oxygen atoms in total. The number of hydrogen-bond donors (Lipinski definition) is 0. The molecule has 178 valence electrons. The number of rotatable bonds is 11. The molecule has 0 saturated carbocycles. The second-order valence-corrected chi connectivity index (χ2v) is 10.0. The zero-order valence-electron chi connectivity index (χ0n) is 19.9. The zero-order chi connectivity index (χ0) is 23.9. The number of fused-ring (bicyclic) bond motifs is 1. The largest absolute Gasteiger partial charge is 0.338 e. The SMILES string of the molecule is CCCCC(CC)C(=O)N(CCc1csc2nc(-c3ccc(Cl)cc3)cn12)Cc1ccccc1. The van der Waals surface area contributed by atoms with Crippen molar-refractivity contribution in [3.8, 4) is 11.3 Å². The number of carbonyl (C=O) groups is 1. The first kappa shape index (κ1) is 24.5. The van der Waals surface area contributed by atoms with Crippen LogP contribution in [0.1, 0.15) is 50.8 Å². The maximum atomic E-state index is 13.5. The van der Waals surface area contributed by atoms with Crippen LogP contribution in [0.15, 0.2) is 66.2 Å². The highest BCUT2D eigenvalue weighted by Crippen LogP contribution is 2.26. The molecule has 0 spiro atoms. The third-order valence-electron chi connectivity index (χ3n) is 6.34. The number of halogens is 1. The van der Waals surface area contributed by atoms with Gasteiger partial charge in [0, 0.05) is 53.3 Å². The topological polar surface area (TPSA) is 37.6 Å². The van der Waals surface area contributed by atoms with E-state index >= 15 is 0 Å². The predicted molar refractivity (Wildman–Crippen MR) is 142 cm³/mol. The third-order valence-corrected chi connectivity index (χ3v) is 7.48. The van der Waals surface area contributed by atoms with Gasteiger partial charge in [-0.3, -0.25) is 9.20 Å². The highest BCUT2D eigenvalue weighted by Gasteiger charge is 2.23. The maximum Gasteiger partial charge on any atom is 0.225 e. The lowest BCUT2D eigenvalue weighted by Crippen LogP contribution is -2.37. The lowest BCUT2D eigenvalue weighted by atomic mass is 9.97. The molecule has 0 aliphatic carbocycles. The van der Waals surface area contributed by atoms with Crippen LogP contribution in [0.3, 0.4) is 0 Å². The van der Waals surface area contributed by atoms with E-state index < -0.39 is 0 Å². The third kappa shape index (κ3) is 5.89. The van der Waals surface area contributed by atoms with E-state index in [0.717, 1.165) is 53.3 Å². The van der Waals surface area contributed by atoms with Crippen molar-refractivity contribution in [1.29, 1.82) is 0 Å². The average Bonchev–Trinajstić information content (AvgIpc) is 3.44. The molecule has 1 atom stereocenters. The van der Waals surface area contributed by atoms with Crippen molar-refractivity contribution in [2.24, 2.45) is 5.92 Å². The van der Waals surface area contributed by atoms with Gasteiger partial charge in [0.2, 0.25) is 5.91 Å². The molecular formula is C28H32ClN3OS. The number of carbonyl (C=O) groups excluding carboxylic acids is 1. The minimum Gasteiger partial charge on any atom is -0.338 e. The zero-order valence-corrected chi connectivity index (χ0v) is 21.5. The van der Waals surface area contributed by atoms with Crippen LogP contribution in [0, 0.1) is 5.92 Å². The monoisotopic (exact) mass is 493 g/mol. The predicted octanol–water partition coefficient (Wildman–Crippen LogP) is 7.50. The van der Waals surface area contributed by atoms with Crippen molar-refractivity contribution >= 4 is 33.8 Å². The summed E-state index contributed by atoms with van der Waals surface area (Å²) in [6, 6.07) is 18.1. The number of thiazole rings is 1. The molecule has 6 heteroatoms. The van der Waals surface area contributed by atoms with E-state index in [-0.39, 0.29) is 11.8 Å². The van der Waals surface area contributed by atoms with Crippen molar-refractivity contribution in [3.05, 3.63) is 82.5 Å². The molecule has 0 fully saturated rings. The van der Waals surface area contributed by atoms with Gasteiger partial charge >= 0.3 is 0 Å². The quantitative estimate of drug-likeness (QED) is 0.217. The first-order chi connectivity index (χ1) is 16.6. The summed E-state index contributed by atoms with van der Waals surface area (Å²) in [4.78, 5) is 21.3. The number of amides is 1. The van der Waals surface area contributed by atoms with Crippen LogP contribution >= 0.6 is 22.9 Å². The summed E-state index contributed by atoms with van der Waals surface area (Å²) in [5.41, 5.74) is 4.34. The number of aromatic nitrogens is 2. The highest BCUT2D eigenvalue weighted by molar-refractivity contribution is 7.15. The van der Waals surface area contributed by atoms with E-state index in [1.807, 2.05) is 42.5 Å². The Labute approximate surface area is 211 Å². The molecule has 2 heterocycles. The van der Waals surface area contributed by atoms with Crippen molar-refractivity contribution < 1.29 is 4.79 Å². The van der Waals surface area contributed by atoms with Crippen LogP contribution in [0.5, 0.6) is 0 Å². The Hall–Kier alpha value is -2.63. The van der Waals surface area contributed by atoms with E-state index in [1.54, 1.807) is 11.3 Å². The van der Waals surface area contributed by atoms with Crippen LogP contribution in [-0.4, -0.2) is 26.7 Å². The Balaban J connectivity index is 1.53. The molecule has 0 aliphatic heterocycles. The van der Waals surface area contributed by atoms with Crippen molar-refractivity contribution in [2.45, 2.75) is 52.5 Å². The smallest absolute Gasteiger partial charge is 0.225 e. The van der Waals surface area contributed by atoms with Crippen LogP contribution in [-0.2, 0) is 17.8 Å². The van der Waals surface area contributed by atoms with E-state index in [9.17, 15) is 4.79 Å². The molecule has 1 amide bonds. The van der Waals surface area contributed by atoms with E-state index in [2.05, 4.69) is 46.9 Å². The summed E-state index contributed by atoms with van der Waals surface area (Å²) < 4.78 is 2.16. The molecule has 4 rings (SSSR count). The first-order valence-corrected chi connectivity index (χ1v) is 13.4. The summed E-state index contributed by atoms with van der Waals surface area (Å²) in [7, 11) is 0. The summed E-state index contributed by atoms with van der Waals surface area (Å²) >= 11 is 7.68. The highest BCUT2D eigenvalue weighted by atomic mass is 35.5. The van der Waals surface area contributed by atoms with Gasteiger partial charge in [-0.1, -0.05) is 80.8 Å². The second kappa shape index (κ2) is 11.7. The Morgan fingerprint density at radius 2 is 1.88 bits per heavy atom. The van der Waals surface area contributed by atoms with Crippen molar-refractivity contribution in [2.75, 3.05) is 6.54 Å². The molecule has 0 aliphatic rings. The number of benzene rings is 2. The number of hydrogen-bond acceptors (Lipinski definition) is 3. The number of nitrogens with zero attached hydrogens (tertiary/aromatic N) is 3. The fourth-order valence-corrected chi connectivity index (χ4v) is 5.33. The Bertz CT molecular complexity index is 1200. The van der Waals surface area contributed by atoms with Crippen LogP contribution in [0.4, 0.5) is 0 Å². The fourth-order valence-electron chi connectivity index (χ4n) is 4.30. The lowest BCUT2D eigenvalue weighted by molar-refractivity contribution is -0.136. The van der Waals surface area contributed by atoms with Gasteiger partial charge in [0.15, 0.2) is 4.96 Å². The van der Waals surface area contributed by atoms with E-state index in [4.69, 9.17) is 16.6 Å². The van der Waals surface area contributed by atoms with Gasteiger partial charge < -0.3 is 4.90 Å². The molecule has 1 unspecified atom stereocenters. The van der Waals surface area contributed by atoms with Crippen LogP contribution in [0.25, 0.3) is 16.2 Å². The van der Waals surface area contributed by atoms with Crippen LogP contribution < -0.4 is 0 Å². The average molecular weight is 494 g/mol. The molecule has 0 saturated heterocycles. The molecule has 34 heavy (non-hydrogen) atoms. The van der Waals surface area contributed by atoms with Gasteiger partial charge in [0.1, 0.15) is 0 Å². The van der Waals surface area contributed by atoms with Gasteiger partial charge in [-0.25, -0.2) is 4.98 Å². The Morgan fingerprint density at radius 3 is 2.59 bits per heavy atom. The minimum atomic E-state index is 0.0934. The molecule has 2 aromatic carbocycles. The summed E-state index contributed by atoms with van der Waals surface area (Å²) in [5, 5.41) is 2.88. The first-order valence-electron chi connectivity index (χ1n) is 12.1. The van der Waals surface area contributed by atoms with Gasteiger partial charge in [0.05, 0.1) is 5.69 Å². The number of unbranched alkanes of at least 4 members (excludes halogenated alkanes) is 1. The number of imidazole rings is 1. The molecule has 0 radical (unpaired) electrons. The molecule has 0 bridgehead atoms. The Kier molecular flexibility index (Phi) is 8.41. The molecule has 2 aromatic heterocycles.